The van der Waals surface area contributed by atoms with Gasteiger partial charge in [-0.25, -0.2) is 9.38 Å². The second kappa shape index (κ2) is 9.97. The van der Waals surface area contributed by atoms with Gasteiger partial charge in [-0.05, 0) is 54.1 Å². The van der Waals surface area contributed by atoms with E-state index in [1.807, 2.05) is 30.3 Å². The predicted octanol–water partition coefficient (Wildman–Crippen LogP) is 5.64. The molecule has 0 saturated carbocycles. The lowest BCUT2D eigenvalue weighted by Gasteiger charge is -2.32. The van der Waals surface area contributed by atoms with Crippen LogP contribution in [0, 0.1) is 5.82 Å². The minimum atomic E-state index is -0.661. The number of rotatable bonds is 5. The maximum atomic E-state index is 13.1. The number of amidine groups is 1. The lowest BCUT2D eigenvalue weighted by Crippen LogP contribution is -2.44. The van der Waals surface area contributed by atoms with Crippen LogP contribution in [-0.2, 0) is 16.1 Å². The van der Waals surface area contributed by atoms with E-state index in [2.05, 4.69) is 10.3 Å². The van der Waals surface area contributed by atoms with Crippen LogP contribution in [-0.4, -0.2) is 27.1 Å². The number of hydrogen-bond acceptors (Lipinski definition) is 4. The molecule has 1 fully saturated rings. The third kappa shape index (κ3) is 5.55. The van der Waals surface area contributed by atoms with Gasteiger partial charge in [0.1, 0.15) is 11.1 Å². The Labute approximate surface area is 194 Å². The summed E-state index contributed by atoms with van der Waals surface area (Å²) in [5.41, 5.74) is 2.05. The Bertz CT molecular complexity index is 1140. The highest BCUT2D eigenvalue weighted by molar-refractivity contribution is 8.15. The van der Waals surface area contributed by atoms with Crippen molar-refractivity contribution >= 4 is 51.7 Å². The average molecular weight is 468 g/mol. The number of carbonyl (C=O) groups is 2. The molecule has 5 nitrogen and oxygen atoms in total. The minimum absolute atomic E-state index is 0.0319. The molecule has 162 valence electrons. The Morgan fingerprint density at radius 3 is 2.44 bits per heavy atom. The molecule has 4 rings (SSSR count). The Morgan fingerprint density at radius 2 is 1.75 bits per heavy atom. The van der Waals surface area contributed by atoms with Crippen molar-refractivity contribution in [3.05, 3.63) is 95.3 Å². The summed E-state index contributed by atoms with van der Waals surface area (Å²) in [5, 5.41) is 3.10. The van der Waals surface area contributed by atoms with E-state index < -0.39 is 5.25 Å². The number of nitrogens with one attached hydrogen (secondary N) is 1. The largest absolute Gasteiger partial charge is 0.325 e. The van der Waals surface area contributed by atoms with Crippen LogP contribution in [0.4, 0.5) is 15.8 Å². The van der Waals surface area contributed by atoms with Crippen molar-refractivity contribution in [1.29, 1.82) is 0 Å². The Hall–Kier alpha value is -3.16. The molecule has 0 bridgehead atoms. The molecule has 1 aliphatic rings. The van der Waals surface area contributed by atoms with E-state index in [1.54, 1.807) is 29.2 Å². The number of nitrogens with zero attached hydrogens (tertiary/aromatic N) is 2. The number of carbonyl (C=O) groups excluding carboxylic acids is 2. The van der Waals surface area contributed by atoms with Crippen molar-refractivity contribution in [3.8, 4) is 0 Å². The van der Waals surface area contributed by atoms with Crippen molar-refractivity contribution in [2.24, 2.45) is 4.99 Å². The second-order valence-corrected chi connectivity index (χ2v) is 8.75. The van der Waals surface area contributed by atoms with Gasteiger partial charge in [-0.3, -0.25) is 14.5 Å². The van der Waals surface area contributed by atoms with Crippen LogP contribution in [0.15, 0.2) is 83.9 Å². The highest BCUT2D eigenvalue weighted by Gasteiger charge is 2.36. The summed E-state index contributed by atoms with van der Waals surface area (Å²) < 4.78 is 13.1. The number of anilines is 1. The van der Waals surface area contributed by atoms with Crippen LogP contribution in [0.25, 0.3) is 0 Å². The summed E-state index contributed by atoms with van der Waals surface area (Å²) in [7, 11) is 0. The van der Waals surface area contributed by atoms with Crippen LogP contribution >= 0.6 is 23.4 Å². The number of hydrogen-bond donors (Lipinski definition) is 1. The maximum Gasteiger partial charge on any atom is 0.238 e. The van der Waals surface area contributed by atoms with Gasteiger partial charge in [0.2, 0.25) is 11.8 Å². The first-order valence-corrected chi connectivity index (χ1v) is 11.2. The average Bonchev–Trinajstić information content (AvgIpc) is 2.79. The van der Waals surface area contributed by atoms with Gasteiger partial charge in [0.25, 0.3) is 0 Å². The standard InChI is InChI=1S/C24H19ClFN3O2S/c25-17-6-10-20(11-7-17)28-24-29(15-16-4-2-1-3-5-16)22(30)14-21(32-24)23(31)27-19-12-8-18(26)9-13-19/h1-13,21H,14-15H2,(H,27,31)/t21-/m0/s1. The van der Waals surface area contributed by atoms with Crippen molar-refractivity contribution in [2.45, 2.75) is 18.2 Å². The third-order valence-corrected chi connectivity index (χ3v) is 6.22. The van der Waals surface area contributed by atoms with E-state index in [1.165, 1.54) is 36.0 Å². The molecule has 0 radical (unpaired) electrons. The van der Waals surface area contributed by atoms with Crippen LogP contribution in [0.5, 0.6) is 0 Å². The topological polar surface area (TPSA) is 61.8 Å². The normalized spacial score (nSPS) is 17.4. The van der Waals surface area contributed by atoms with Gasteiger partial charge in [-0.15, -0.1) is 0 Å². The maximum absolute atomic E-state index is 13.1. The molecule has 1 atom stereocenters. The van der Waals surface area contributed by atoms with E-state index >= 15 is 0 Å². The van der Waals surface area contributed by atoms with Crippen LogP contribution in [0.3, 0.4) is 0 Å². The lowest BCUT2D eigenvalue weighted by atomic mass is 10.2. The second-order valence-electron chi connectivity index (χ2n) is 7.14. The van der Waals surface area contributed by atoms with E-state index in [0.29, 0.717) is 28.1 Å². The van der Waals surface area contributed by atoms with Crippen molar-refractivity contribution in [1.82, 2.24) is 4.90 Å². The van der Waals surface area contributed by atoms with E-state index in [0.717, 1.165) is 5.56 Å². The molecule has 2 amide bonds. The first kappa shape index (κ1) is 22.0. The van der Waals surface area contributed by atoms with E-state index in [9.17, 15) is 14.0 Å². The summed E-state index contributed by atoms with van der Waals surface area (Å²) in [5.74, 6) is -0.920. The molecule has 0 unspecified atom stereocenters. The van der Waals surface area contributed by atoms with Crippen LogP contribution < -0.4 is 5.32 Å². The predicted molar refractivity (Wildman–Crippen MR) is 127 cm³/mol. The first-order valence-electron chi connectivity index (χ1n) is 9.89. The van der Waals surface area contributed by atoms with Crippen molar-refractivity contribution in [2.75, 3.05) is 5.32 Å². The molecule has 0 aliphatic carbocycles. The highest BCUT2D eigenvalue weighted by atomic mass is 35.5. The number of thioether (sulfide) groups is 1. The van der Waals surface area contributed by atoms with Gasteiger partial charge in [0.15, 0.2) is 5.17 Å². The zero-order valence-corrected chi connectivity index (χ0v) is 18.4. The van der Waals surface area contributed by atoms with Gasteiger partial charge >= 0.3 is 0 Å². The van der Waals surface area contributed by atoms with Crippen LogP contribution in [0.2, 0.25) is 5.02 Å². The molecule has 1 heterocycles. The number of halogens is 2. The first-order chi connectivity index (χ1) is 15.5. The fourth-order valence-corrected chi connectivity index (χ4v) is 4.37. The molecular formula is C24H19ClFN3O2S. The molecule has 1 aliphatic heterocycles. The Morgan fingerprint density at radius 1 is 1.06 bits per heavy atom. The molecule has 0 aromatic heterocycles. The fraction of sp³-hybridized carbons (Fsp3) is 0.125. The van der Waals surface area contributed by atoms with E-state index in [-0.39, 0.29) is 24.1 Å². The number of amides is 2. The molecule has 8 heteroatoms. The van der Waals surface area contributed by atoms with Gasteiger partial charge in [-0.2, -0.15) is 0 Å². The van der Waals surface area contributed by atoms with Gasteiger partial charge < -0.3 is 5.32 Å². The lowest BCUT2D eigenvalue weighted by molar-refractivity contribution is -0.129. The highest BCUT2D eigenvalue weighted by Crippen LogP contribution is 2.31. The Balaban J connectivity index is 1.58. The summed E-state index contributed by atoms with van der Waals surface area (Å²) in [4.78, 5) is 32.1. The van der Waals surface area contributed by atoms with Crippen molar-refractivity contribution in [3.63, 3.8) is 0 Å². The Kier molecular flexibility index (Phi) is 6.87. The number of aliphatic imine (C=N–C) groups is 1. The molecule has 3 aromatic rings. The van der Waals surface area contributed by atoms with Crippen LogP contribution in [0.1, 0.15) is 12.0 Å². The molecule has 32 heavy (non-hydrogen) atoms. The summed E-state index contributed by atoms with van der Waals surface area (Å²) in [6.45, 7) is 0.353. The van der Waals surface area contributed by atoms with Gasteiger partial charge in [-0.1, -0.05) is 53.7 Å². The minimum Gasteiger partial charge on any atom is -0.325 e. The van der Waals surface area contributed by atoms with Crippen molar-refractivity contribution < 1.29 is 14.0 Å². The monoisotopic (exact) mass is 467 g/mol. The smallest absolute Gasteiger partial charge is 0.238 e. The summed E-state index contributed by atoms with van der Waals surface area (Å²) in [6.07, 6.45) is 0.0319. The molecular weight excluding hydrogens is 449 g/mol. The fourth-order valence-electron chi connectivity index (χ4n) is 3.14. The van der Waals surface area contributed by atoms with Gasteiger partial charge in [0.05, 0.1) is 12.2 Å². The molecule has 3 aromatic carbocycles. The molecule has 1 N–H and O–H groups in total. The zero-order chi connectivity index (χ0) is 22.5. The summed E-state index contributed by atoms with van der Waals surface area (Å²) in [6, 6.07) is 22.0. The molecule has 1 saturated heterocycles. The third-order valence-electron chi connectivity index (χ3n) is 4.78. The summed E-state index contributed by atoms with van der Waals surface area (Å²) >= 11 is 7.20. The molecule has 0 spiro atoms. The SMILES string of the molecule is O=C(Nc1ccc(F)cc1)[C@@H]1CC(=O)N(Cc2ccccc2)C(=Nc2ccc(Cl)cc2)S1. The van der Waals surface area contributed by atoms with Gasteiger partial charge in [0, 0.05) is 17.1 Å². The van der Waals surface area contributed by atoms with E-state index in [4.69, 9.17) is 11.6 Å². The number of benzene rings is 3. The quantitative estimate of drug-likeness (QED) is 0.528. The zero-order valence-electron chi connectivity index (χ0n) is 16.9.